The van der Waals surface area contributed by atoms with E-state index < -0.39 is 0 Å². The molecule has 2 rings (SSSR count). The summed E-state index contributed by atoms with van der Waals surface area (Å²) in [5, 5.41) is 0. The average molecular weight is 216 g/mol. The molecule has 1 aliphatic rings. The summed E-state index contributed by atoms with van der Waals surface area (Å²) in [5.74, 6) is 0. The number of hydrogen-bond acceptors (Lipinski definition) is 1. The first-order valence-corrected chi connectivity index (χ1v) is 6.02. The third kappa shape index (κ3) is 1.92. The first kappa shape index (κ1) is 11.4. The van der Waals surface area contributed by atoms with E-state index >= 15 is 0 Å². The molecule has 0 N–H and O–H groups in total. The highest BCUT2D eigenvalue weighted by atomic mass is 16.5. The predicted molar refractivity (Wildman–Crippen MR) is 68.6 cm³/mol. The Morgan fingerprint density at radius 3 is 2.50 bits per heavy atom. The second-order valence-corrected chi connectivity index (χ2v) is 4.79. The molecule has 0 aromatic heterocycles. The summed E-state index contributed by atoms with van der Waals surface area (Å²) in [6, 6.07) is 8.82. The summed E-state index contributed by atoms with van der Waals surface area (Å²) >= 11 is 0. The van der Waals surface area contributed by atoms with Crippen molar-refractivity contribution in [3.8, 4) is 0 Å². The minimum absolute atomic E-state index is 0.258. The Labute approximate surface area is 98.1 Å². The van der Waals surface area contributed by atoms with Gasteiger partial charge in [-0.2, -0.15) is 0 Å². The Morgan fingerprint density at radius 1 is 1.38 bits per heavy atom. The van der Waals surface area contributed by atoms with Crippen molar-refractivity contribution in [1.29, 1.82) is 0 Å². The minimum Gasteiger partial charge on any atom is -0.380 e. The van der Waals surface area contributed by atoms with E-state index in [0.717, 1.165) is 31.6 Å². The van der Waals surface area contributed by atoms with Crippen LogP contribution < -0.4 is 0 Å². The van der Waals surface area contributed by atoms with E-state index in [-0.39, 0.29) is 5.41 Å². The Bertz CT molecular complexity index is 369. The normalized spacial score (nSPS) is 24.6. The average Bonchev–Trinajstić information content (AvgIpc) is 2.79. The SMILES string of the molecule is C=C(C)c1ccc(C2(CC)CCOC2)cc1. The Hall–Kier alpha value is -1.08. The molecule has 1 nitrogen and oxygen atoms in total. The van der Waals surface area contributed by atoms with Crippen LogP contribution >= 0.6 is 0 Å². The molecule has 86 valence electrons. The summed E-state index contributed by atoms with van der Waals surface area (Å²) in [7, 11) is 0. The molecule has 0 aliphatic carbocycles. The zero-order chi connectivity index (χ0) is 11.6. The highest BCUT2D eigenvalue weighted by Gasteiger charge is 2.34. The topological polar surface area (TPSA) is 9.23 Å². The molecular weight excluding hydrogens is 196 g/mol. The van der Waals surface area contributed by atoms with Crippen LogP contribution in [0.3, 0.4) is 0 Å². The molecule has 16 heavy (non-hydrogen) atoms. The number of benzene rings is 1. The standard InChI is InChI=1S/C15H20O/c1-4-15(9-10-16-11-15)14-7-5-13(6-8-14)12(2)3/h5-8H,2,4,9-11H2,1,3H3. The molecular formula is C15H20O. The third-order valence-corrected chi connectivity index (χ3v) is 3.77. The van der Waals surface area contributed by atoms with Gasteiger partial charge in [0.1, 0.15) is 0 Å². The first-order valence-electron chi connectivity index (χ1n) is 6.02. The van der Waals surface area contributed by atoms with Crippen LogP contribution in [-0.2, 0) is 10.2 Å². The molecule has 1 atom stereocenters. The van der Waals surface area contributed by atoms with Gasteiger partial charge >= 0.3 is 0 Å². The lowest BCUT2D eigenvalue weighted by Gasteiger charge is -2.26. The molecule has 1 aliphatic heterocycles. The van der Waals surface area contributed by atoms with Crippen LogP contribution in [0.2, 0.25) is 0 Å². The van der Waals surface area contributed by atoms with Gasteiger partial charge in [-0.15, -0.1) is 0 Å². The molecule has 0 spiro atoms. The van der Waals surface area contributed by atoms with Gasteiger partial charge in [-0.1, -0.05) is 43.3 Å². The van der Waals surface area contributed by atoms with E-state index in [1.807, 2.05) is 6.92 Å². The van der Waals surface area contributed by atoms with E-state index in [4.69, 9.17) is 4.74 Å². The highest BCUT2D eigenvalue weighted by Crippen LogP contribution is 2.36. The molecule has 1 aromatic carbocycles. The second kappa shape index (κ2) is 4.42. The van der Waals surface area contributed by atoms with Crippen molar-refractivity contribution >= 4 is 5.57 Å². The van der Waals surface area contributed by atoms with Crippen LogP contribution in [0.5, 0.6) is 0 Å². The molecule has 1 fully saturated rings. The summed E-state index contributed by atoms with van der Waals surface area (Å²) in [6.45, 7) is 10.0. The third-order valence-electron chi connectivity index (χ3n) is 3.77. The zero-order valence-electron chi connectivity index (χ0n) is 10.3. The lowest BCUT2D eigenvalue weighted by Crippen LogP contribution is -2.25. The maximum absolute atomic E-state index is 5.57. The number of rotatable bonds is 3. The van der Waals surface area contributed by atoms with Gasteiger partial charge in [-0.3, -0.25) is 0 Å². The molecule has 1 saturated heterocycles. The van der Waals surface area contributed by atoms with E-state index in [2.05, 4.69) is 37.8 Å². The van der Waals surface area contributed by atoms with Gasteiger partial charge in [-0.25, -0.2) is 0 Å². The van der Waals surface area contributed by atoms with Crippen LogP contribution in [0, 0.1) is 0 Å². The van der Waals surface area contributed by atoms with E-state index in [9.17, 15) is 0 Å². The van der Waals surface area contributed by atoms with Gasteiger partial charge < -0.3 is 4.74 Å². The number of ether oxygens (including phenoxy) is 1. The molecule has 0 amide bonds. The van der Waals surface area contributed by atoms with Crippen molar-refractivity contribution < 1.29 is 4.74 Å². The Kier molecular flexibility index (Phi) is 3.15. The van der Waals surface area contributed by atoms with Crippen LogP contribution in [-0.4, -0.2) is 13.2 Å². The van der Waals surface area contributed by atoms with Crippen molar-refractivity contribution in [1.82, 2.24) is 0 Å². The Balaban J connectivity index is 2.29. The number of hydrogen-bond donors (Lipinski definition) is 0. The monoisotopic (exact) mass is 216 g/mol. The van der Waals surface area contributed by atoms with Gasteiger partial charge in [0, 0.05) is 12.0 Å². The minimum atomic E-state index is 0.258. The van der Waals surface area contributed by atoms with Crippen molar-refractivity contribution in [2.75, 3.05) is 13.2 Å². The fraction of sp³-hybridized carbons (Fsp3) is 0.467. The van der Waals surface area contributed by atoms with Crippen molar-refractivity contribution in [2.24, 2.45) is 0 Å². The highest BCUT2D eigenvalue weighted by molar-refractivity contribution is 5.61. The van der Waals surface area contributed by atoms with Gasteiger partial charge in [0.05, 0.1) is 6.61 Å². The predicted octanol–water partition coefficient (Wildman–Crippen LogP) is 3.79. The van der Waals surface area contributed by atoms with E-state index in [1.54, 1.807) is 0 Å². The molecule has 0 bridgehead atoms. The summed E-state index contributed by atoms with van der Waals surface area (Å²) in [6.07, 6.45) is 2.30. The fourth-order valence-corrected chi connectivity index (χ4v) is 2.43. The number of allylic oxidation sites excluding steroid dienone is 1. The largest absolute Gasteiger partial charge is 0.380 e. The molecule has 1 unspecified atom stereocenters. The van der Waals surface area contributed by atoms with E-state index in [0.29, 0.717) is 0 Å². The van der Waals surface area contributed by atoms with Crippen molar-refractivity contribution in [3.63, 3.8) is 0 Å². The zero-order valence-corrected chi connectivity index (χ0v) is 10.3. The lowest BCUT2D eigenvalue weighted by atomic mass is 9.77. The van der Waals surface area contributed by atoms with Crippen molar-refractivity contribution in [2.45, 2.75) is 32.1 Å². The van der Waals surface area contributed by atoms with Gasteiger partial charge in [-0.05, 0) is 30.9 Å². The van der Waals surface area contributed by atoms with Gasteiger partial charge in [0.15, 0.2) is 0 Å². The second-order valence-electron chi connectivity index (χ2n) is 4.79. The maximum atomic E-state index is 5.57. The summed E-state index contributed by atoms with van der Waals surface area (Å²) in [4.78, 5) is 0. The van der Waals surface area contributed by atoms with Crippen LogP contribution in [0.25, 0.3) is 5.57 Å². The van der Waals surface area contributed by atoms with Gasteiger partial charge in [0.25, 0.3) is 0 Å². The van der Waals surface area contributed by atoms with Crippen LogP contribution in [0.15, 0.2) is 30.8 Å². The molecule has 1 heterocycles. The Morgan fingerprint density at radius 2 is 2.06 bits per heavy atom. The van der Waals surface area contributed by atoms with Gasteiger partial charge in [0.2, 0.25) is 0 Å². The smallest absolute Gasteiger partial charge is 0.0563 e. The quantitative estimate of drug-likeness (QED) is 0.747. The van der Waals surface area contributed by atoms with Crippen LogP contribution in [0.4, 0.5) is 0 Å². The van der Waals surface area contributed by atoms with E-state index in [1.165, 1.54) is 11.1 Å². The maximum Gasteiger partial charge on any atom is 0.0563 e. The first-order chi connectivity index (χ1) is 7.68. The van der Waals surface area contributed by atoms with Crippen LogP contribution in [0.1, 0.15) is 37.8 Å². The molecule has 1 aromatic rings. The summed E-state index contributed by atoms with van der Waals surface area (Å²) in [5.41, 5.74) is 4.03. The fourth-order valence-electron chi connectivity index (χ4n) is 2.43. The van der Waals surface area contributed by atoms with Crippen molar-refractivity contribution in [3.05, 3.63) is 42.0 Å². The molecule has 0 radical (unpaired) electrons. The lowest BCUT2D eigenvalue weighted by molar-refractivity contribution is 0.176. The summed E-state index contributed by atoms with van der Waals surface area (Å²) < 4.78 is 5.57. The molecule has 1 heteroatoms. The molecule has 0 saturated carbocycles.